The second-order valence-corrected chi connectivity index (χ2v) is 8.26. The van der Waals surface area contributed by atoms with Gasteiger partial charge in [0.2, 0.25) is 11.8 Å². The van der Waals surface area contributed by atoms with Crippen molar-refractivity contribution in [3.8, 4) is 11.1 Å². The van der Waals surface area contributed by atoms with E-state index < -0.39 is 0 Å². The van der Waals surface area contributed by atoms with Crippen molar-refractivity contribution in [1.29, 1.82) is 0 Å². The van der Waals surface area contributed by atoms with Crippen LogP contribution in [0.5, 0.6) is 0 Å². The number of rotatable bonds is 5. The van der Waals surface area contributed by atoms with Crippen LogP contribution in [0.25, 0.3) is 11.1 Å². The molecule has 2 aliphatic rings. The lowest BCUT2D eigenvalue weighted by Crippen LogP contribution is -2.55. The molecule has 0 radical (unpaired) electrons. The molecule has 2 fully saturated rings. The molecule has 4 rings (SSSR count). The fourth-order valence-electron chi connectivity index (χ4n) is 4.30. The number of benzene rings is 2. The molecule has 0 spiro atoms. The van der Waals surface area contributed by atoms with E-state index >= 15 is 0 Å². The highest BCUT2D eigenvalue weighted by molar-refractivity contribution is 6.01. The largest absolute Gasteiger partial charge is 0.296 e. The van der Waals surface area contributed by atoms with Crippen LogP contribution >= 0.6 is 0 Å². The van der Waals surface area contributed by atoms with Gasteiger partial charge in [-0.25, -0.2) is 10.0 Å². The maximum atomic E-state index is 12.0. The Kier molecular flexibility index (Phi) is 5.79. The predicted octanol–water partition coefficient (Wildman–Crippen LogP) is 3.66. The van der Waals surface area contributed by atoms with Crippen molar-refractivity contribution in [2.24, 2.45) is 0 Å². The minimum Gasteiger partial charge on any atom is -0.296 e. The molecule has 0 aromatic heterocycles. The number of imide groups is 1. The van der Waals surface area contributed by atoms with E-state index in [0.717, 1.165) is 32.7 Å². The number of amides is 2. The minimum atomic E-state index is -0.0537. The van der Waals surface area contributed by atoms with Crippen LogP contribution in [-0.4, -0.2) is 52.9 Å². The van der Waals surface area contributed by atoms with Gasteiger partial charge in [0.25, 0.3) is 0 Å². The summed E-state index contributed by atoms with van der Waals surface area (Å²) in [6.45, 7) is 8.54. The Morgan fingerprint density at radius 3 is 2.10 bits per heavy atom. The molecule has 2 heterocycles. The number of hydrogen-bond donors (Lipinski definition) is 0. The fraction of sp³-hybridized carbons (Fsp3) is 0.417. The summed E-state index contributed by atoms with van der Waals surface area (Å²) in [5.41, 5.74) is 5.25. The first kappa shape index (κ1) is 19.8. The van der Waals surface area contributed by atoms with Crippen LogP contribution < -0.4 is 0 Å². The van der Waals surface area contributed by atoms with Gasteiger partial charge in [-0.2, -0.15) is 0 Å². The van der Waals surface area contributed by atoms with Crippen molar-refractivity contribution in [3.63, 3.8) is 0 Å². The van der Waals surface area contributed by atoms with Crippen molar-refractivity contribution in [2.45, 2.75) is 39.2 Å². The highest BCUT2D eigenvalue weighted by Gasteiger charge is 2.35. The zero-order chi connectivity index (χ0) is 20.4. The summed E-state index contributed by atoms with van der Waals surface area (Å²) in [4.78, 5) is 26.4. The smallest absolute Gasteiger partial charge is 0.244 e. The second kappa shape index (κ2) is 8.47. The Morgan fingerprint density at radius 2 is 1.48 bits per heavy atom. The average Bonchev–Trinajstić information content (AvgIpc) is 3.07. The van der Waals surface area contributed by atoms with Gasteiger partial charge in [-0.3, -0.25) is 14.5 Å². The zero-order valence-corrected chi connectivity index (χ0v) is 17.3. The number of carbonyl (C=O) groups is 2. The lowest BCUT2D eigenvalue weighted by Gasteiger charge is -2.38. The lowest BCUT2D eigenvalue weighted by atomic mass is 9.92. The molecular weight excluding hydrogens is 362 g/mol. The third-order valence-electron chi connectivity index (χ3n) is 5.93. The van der Waals surface area contributed by atoms with Crippen LogP contribution in [-0.2, 0) is 16.1 Å². The summed E-state index contributed by atoms with van der Waals surface area (Å²) in [5, 5.41) is 3.31. The molecule has 0 atom stereocenters. The number of hydrogen-bond acceptors (Lipinski definition) is 4. The van der Waals surface area contributed by atoms with E-state index in [-0.39, 0.29) is 11.8 Å². The van der Waals surface area contributed by atoms with E-state index in [0.29, 0.717) is 18.8 Å². The first-order chi connectivity index (χ1) is 14.0. The summed E-state index contributed by atoms with van der Waals surface area (Å²) < 4.78 is 0. The first-order valence-electron chi connectivity index (χ1n) is 10.5. The summed E-state index contributed by atoms with van der Waals surface area (Å²) in [5.74, 6) is 0.346. The summed E-state index contributed by atoms with van der Waals surface area (Å²) in [7, 11) is 0. The lowest BCUT2D eigenvalue weighted by molar-refractivity contribution is -0.160. The second-order valence-electron chi connectivity index (χ2n) is 8.26. The van der Waals surface area contributed by atoms with Gasteiger partial charge in [0, 0.05) is 45.6 Å². The molecule has 0 N–H and O–H groups in total. The van der Waals surface area contributed by atoms with Gasteiger partial charge in [-0.15, -0.1) is 0 Å². The topological polar surface area (TPSA) is 43.9 Å². The quantitative estimate of drug-likeness (QED) is 0.730. The Hall–Kier alpha value is -2.50. The molecule has 2 saturated heterocycles. The average molecular weight is 392 g/mol. The van der Waals surface area contributed by atoms with E-state index in [9.17, 15) is 9.59 Å². The van der Waals surface area contributed by atoms with Crippen LogP contribution in [0.4, 0.5) is 0 Å². The van der Waals surface area contributed by atoms with E-state index in [1.54, 1.807) is 0 Å². The van der Waals surface area contributed by atoms with Crippen molar-refractivity contribution in [2.75, 3.05) is 26.2 Å². The van der Waals surface area contributed by atoms with Gasteiger partial charge < -0.3 is 0 Å². The van der Waals surface area contributed by atoms with Crippen LogP contribution in [0.1, 0.15) is 43.7 Å². The van der Waals surface area contributed by atoms with Crippen molar-refractivity contribution >= 4 is 11.8 Å². The number of piperazine rings is 1. The molecular formula is C24H29N3O2. The van der Waals surface area contributed by atoms with Crippen LogP contribution in [0.3, 0.4) is 0 Å². The Bertz CT molecular complexity index is 870. The van der Waals surface area contributed by atoms with Gasteiger partial charge in [-0.1, -0.05) is 62.4 Å². The molecule has 0 bridgehead atoms. The van der Waals surface area contributed by atoms with Crippen molar-refractivity contribution < 1.29 is 9.59 Å². The Balaban J connectivity index is 1.44. The van der Waals surface area contributed by atoms with Gasteiger partial charge in [0.05, 0.1) is 0 Å². The summed E-state index contributed by atoms with van der Waals surface area (Å²) in [6.07, 6.45) is 0.703. The number of carbonyl (C=O) groups excluding carboxylic acids is 2. The zero-order valence-electron chi connectivity index (χ0n) is 17.3. The molecule has 0 saturated carbocycles. The third-order valence-corrected chi connectivity index (χ3v) is 5.93. The van der Waals surface area contributed by atoms with E-state index in [4.69, 9.17) is 0 Å². The third kappa shape index (κ3) is 4.26. The van der Waals surface area contributed by atoms with Crippen molar-refractivity contribution in [3.05, 3.63) is 59.7 Å². The molecule has 2 amide bonds. The summed E-state index contributed by atoms with van der Waals surface area (Å²) in [6, 6.07) is 17.3. The monoisotopic (exact) mass is 391 g/mol. The van der Waals surface area contributed by atoms with E-state index in [1.807, 2.05) is 11.1 Å². The van der Waals surface area contributed by atoms with Gasteiger partial charge in [0.15, 0.2) is 0 Å². The minimum absolute atomic E-state index is 0.0537. The van der Waals surface area contributed by atoms with Crippen LogP contribution in [0.2, 0.25) is 0 Å². The molecule has 29 heavy (non-hydrogen) atoms. The van der Waals surface area contributed by atoms with E-state index in [1.165, 1.54) is 27.3 Å². The van der Waals surface area contributed by atoms with E-state index in [2.05, 4.69) is 61.2 Å². The Morgan fingerprint density at radius 1 is 0.828 bits per heavy atom. The molecule has 0 aliphatic carbocycles. The van der Waals surface area contributed by atoms with Crippen LogP contribution in [0, 0.1) is 0 Å². The van der Waals surface area contributed by atoms with Gasteiger partial charge >= 0.3 is 0 Å². The molecule has 2 aromatic rings. The first-order valence-corrected chi connectivity index (χ1v) is 10.5. The molecule has 5 nitrogen and oxygen atoms in total. The fourth-order valence-corrected chi connectivity index (χ4v) is 4.30. The predicted molar refractivity (Wildman–Crippen MR) is 114 cm³/mol. The maximum Gasteiger partial charge on any atom is 0.244 e. The Labute approximate surface area is 172 Å². The highest BCUT2D eigenvalue weighted by atomic mass is 16.2. The molecule has 152 valence electrons. The SMILES string of the molecule is CC(C)c1cc(-c2ccccc2)ccc1CN1CCN(N2C(=O)CCC2=O)CC1. The number of hydrazine groups is 1. The molecule has 2 aliphatic heterocycles. The maximum absolute atomic E-state index is 12.0. The standard InChI is InChI=1S/C24H29N3O2/c1-18(2)22-16-20(19-6-4-3-5-7-19)8-9-21(22)17-25-12-14-26(15-13-25)27-23(28)10-11-24(27)29/h3-9,16,18H,10-15,17H2,1-2H3. The summed E-state index contributed by atoms with van der Waals surface area (Å²) >= 11 is 0. The van der Waals surface area contributed by atoms with Crippen molar-refractivity contribution in [1.82, 2.24) is 14.9 Å². The number of nitrogens with zero attached hydrogens (tertiary/aromatic N) is 3. The normalized spacial score (nSPS) is 18.8. The highest BCUT2D eigenvalue weighted by Crippen LogP contribution is 2.28. The van der Waals surface area contributed by atoms with Gasteiger partial charge in [-0.05, 0) is 28.2 Å². The molecule has 2 aromatic carbocycles. The van der Waals surface area contributed by atoms with Crippen LogP contribution in [0.15, 0.2) is 48.5 Å². The molecule has 0 unspecified atom stereocenters. The van der Waals surface area contributed by atoms with Gasteiger partial charge in [0.1, 0.15) is 0 Å². The molecule has 5 heteroatoms.